The molecule has 2 atom stereocenters. The van der Waals surface area contributed by atoms with Crippen LogP contribution in [0.15, 0.2) is 12.1 Å². The van der Waals surface area contributed by atoms with Crippen LogP contribution in [0.2, 0.25) is 0 Å². The van der Waals surface area contributed by atoms with Crippen molar-refractivity contribution in [3.8, 4) is 0 Å². The molecule has 3 aliphatic rings. The molecule has 0 radical (unpaired) electrons. The SMILES string of the molecule is CN1CCN(Cc2ccc(CN3CCCC3)s2)[C@@H]2CS(=O)(=O)C[C@@H]21. The van der Waals surface area contributed by atoms with E-state index in [1.165, 1.54) is 35.7 Å². The average Bonchev–Trinajstić information content (AvgIpc) is 3.23. The summed E-state index contributed by atoms with van der Waals surface area (Å²) < 4.78 is 24.2. The lowest BCUT2D eigenvalue weighted by Crippen LogP contribution is -2.57. The maximum Gasteiger partial charge on any atom is 0.153 e. The second-order valence-electron chi connectivity index (χ2n) is 7.51. The van der Waals surface area contributed by atoms with Crippen molar-refractivity contribution in [3.05, 3.63) is 21.9 Å². The van der Waals surface area contributed by atoms with Crippen LogP contribution in [0.25, 0.3) is 0 Å². The number of piperazine rings is 1. The summed E-state index contributed by atoms with van der Waals surface area (Å²) in [4.78, 5) is 9.98. The summed E-state index contributed by atoms with van der Waals surface area (Å²) in [7, 11) is -0.819. The highest BCUT2D eigenvalue weighted by molar-refractivity contribution is 7.91. The number of sulfone groups is 1. The summed E-state index contributed by atoms with van der Waals surface area (Å²) in [6.45, 7) is 6.36. The lowest BCUT2D eigenvalue weighted by Gasteiger charge is -2.42. The minimum atomic E-state index is -2.88. The van der Waals surface area contributed by atoms with Gasteiger partial charge in [0.25, 0.3) is 0 Å². The smallest absolute Gasteiger partial charge is 0.153 e. The molecule has 0 saturated carbocycles. The molecule has 3 fully saturated rings. The van der Waals surface area contributed by atoms with Gasteiger partial charge < -0.3 is 0 Å². The highest BCUT2D eigenvalue weighted by Crippen LogP contribution is 2.29. The van der Waals surface area contributed by atoms with Gasteiger partial charge >= 0.3 is 0 Å². The lowest BCUT2D eigenvalue weighted by atomic mass is 10.1. The molecule has 7 heteroatoms. The van der Waals surface area contributed by atoms with Crippen molar-refractivity contribution < 1.29 is 8.42 Å². The number of likely N-dealkylation sites (N-methyl/N-ethyl adjacent to an activating group) is 1. The van der Waals surface area contributed by atoms with Gasteiger partial charge in [0.2, 0.25) is 0 Å². The number of nitrogens with zero attached hydrogens (tertiary/aromatic N) is 3. The Morgan fingerprint density at radius 3 is 2.42 bits per heavy atom. The third-order valence-electron chi connectivity index (χ3n) is 5.72. The lowest BCUT2D eigenvalue weighted by molar-refractivity contribution is 0.0580. The third kappa shape index (κ3) is 3.55. The van der Waals surface area contributed by atoms with Crippen molar-refractivity contribution in [2.24, 2.45) is 0 Å². The molecule has 0 aromatic carbocycles. The molecule has 0 unspecified atom stereocenters. The van der Waals surface area contributed by atoms with E-state index in [4.69, 9.17) is 0 Å². The van der Waals surface area contributed by atoms with Gasteiger partial charge in [0, 0.05) is 48.0 Å². The second-order valence-corrected chi connectivity index (χ2v) is 10.9. The monoisotopic (exact) mass is 369 g/mol. The number of likely N-dealkylation sites (tertiary alicyclic amines) is 1. The van der Waals surface area contributed by atoms with Crippen molar-refractivity contribution in [2.45, 2.75) is 38.0 Å². The first-order valence-corrected chi connectivity index (χ1v) is 11.6. The van der Waals surface area contributed by atoms with E-state index in [-0.39, 0.29) is 12.1 Å². The van der Waals surface area contributed by atoms with E-state index in [1.54, 1.807) is 0 Å². The van der Waals surface area contributed by atoms with E-state index in [0.717, 1.165) is 26.2 Å². The fraction of sp³-hybridized carbons (Fsp3) is 0.765. The largest absolute Gasteiger partial charge is 0.300 e. The Hall–Kier alpha value is -0.470. The van der Waals surface area contributed by atoms with Gasteiger partial charge in [0.1, 0.15) is 0 Å². The Morgan fingerprint density at radius 2 is 1.67 bits per heavy atom. The van der Waals surface area contributed by atoms with E-state index in [9.17, 15) is 8.42 Å². The molecule has 4 heterocycles. The summed E-state index contributed by atoms with van der Waals surface area (Å²) >= 11 is 1.90. The molecule has 5 nitrogen and oxygen atoms in total. The molecular weight excluding hydrogens is 342 g/mol. The summed E-state index contributed by atoms with van der Waals surface area (Å²) in [5.41, 5.74) is 0. The van der Waals surface area contributed by atoms with Crippen LogP contribution in [-0.4, -0.2) is 79.9 Å². The summed E-state index contributed by atoms with van der Waals surface area (Å²) in [5.74, 6) is 0.656. The van der Waals surface area contributed by atoms with E-state index < -0.39 is 9.84 Å². The zero-order valence-electron chi connectivity index (χ0n) is 14.4. The molecule has 1 aromatic heterocycles. The highest BCUT2D eigenvalue weighted by atomic mass is 32.2. The van der Waals surface area contributed by atoms with Gasteiger partial charge in [-0.3, -0.25) is 14.7 Å². The number of hydrogen-bond donors (Lipinski definition) is 0. The Morgan fingerprint density at radius 1 is 1.00 bits per heavy atom. The molecule has 3 aliphatic heterocycles. The minimum Gasteiger partial charge on any atom is -0.300 e. The molecule has 3 saturated heterocycles. The predicted octanol–water partition coefficient (Wildman–Crippen LogP) is 1.26. The number of fused-ring (bicyclic) bond motifs is 1. The van der Waals surface area contributed by atoms with E-state index in [0.29, 0.717) is 11.5 Å². The van der Waals surface area contributed by atoms with Crippen LogP contribution < -0.4 is 0 Å². The van der Waals surface area contributed by atoms with Crippen LogP contribution in [0, 0.1) is 0 Å². The maximum absolute atomic E-state index is 12.1. The van der Waals surface area contributed by atoms with Crippen LogP contribution in [0.3, 0.4) is 0 Å². The molecule has 0 bridgehead atoms. The maximum atomic E-state index is 12.1. The number of rotatable bonds is 4. The summed E-state index contributed by atoms with van der Waals surface area (Å²) in [6.07, 6.45) is 2.66. The molecule has 24 heavy (non-hydrogen) atoms. The number of thiophene rings is 1. The van der Waals surface area contributed by atoms with Crippen molar-refractivity contribution in [1.82, 2.24) is 14.7 Å². The van der Waals surface area contributed by atoms with Gasteiger partial charge in [-0.25, -0.2) is 8.42 Å². The van der Waals surface area contributed by atoms with Gasteiger partial charge in [-0.2, -0.15) is 0 Å². The van der Waals surface area contributed by atoms with Crippen molar-refractivity contribution >= 4 is 21.2 Å². The first-order valence-electron chi connectivity index (χ1n) is 8.95. The standard InChI is InChI=1S/C17H27N3O2S2/c1-18-8-9-20(17-13-24(21,22)12-16(17)18)11-15-5-4-14(23-15)10-19-6-2-3-7-19/h4-5,16-17H,2-3,6-13H2,1H3/t16-,17+/m0/s1. The summed E-state index contributed by atoms with van der Waals surface area (Å²) in [6, 6.07) is 4.84. The Kier molecular flexibility index (Phi) is 4.73. The molecule has 0 N–H and O–H groups in total. The van der Waals surface area contributed by atoms with E-state index >= 15 is 0 Å². The molecule has 134 valence electrons. The van der Waals surface area contributed by atoms with Gasteiger partial charge in [0.05, 0.1) is 11.5 Å². The third-order valence-corrected chi connectivity index (χ3v) is 8.48. The predicted molar refractivity (Wildman–Crippen MR) is 98.1 cm³/mol. The minimum absolute atomic E-state index is 0.165. The molecule has 1 aromatic rings. The van der Waals surface area contributed by atoms with Crippen LogP contribution in [-0.2, 0) is 22.9 Å². The Bertz CT molecular complexity index is 682. The average molecular weight is 370 g/mol. The van der Waals surface area contributed by atoms with Gasteiger partial charge in [0.15, 0.2) is 9.84 Å². The molecule has 0 spiro atoms. The molecule has 0 amide bonds. The van der Waals surface area contributed by atoms with Crippen molar-refractivity contribution in [1.29, 1.82) is 0 Å². The fourth-order valence-electron chi connectivity index (χ4n) is 4.35. The Labute approximate surface area is 149 Å². The summed E-state index contributed by atoms with van der Waals surface area (Å²) in [5, 5.41) is 0. The zero-order valence-corrected chi connectivity index (χ0v) is 16.0. The van der Waals surface area contributed by atoms with Crippen molar-refractivity contribution in [2.75, 3.05) is 44.7 Å². The van der Waals surface area contributed by atoms with Gasteiger partial charge in [-0.1, -0.05) is 0 Å². The van der Waals surface area contributed by atoms with E-state index in [1.807, 2.05) is 11.3 Å². The first kappa shape index (κ1) is 17.0. The number of hydrogen-bond acceptors (Lipinski definition) is 6. The van der Waals surface area contributed by atoms with E-state index in [2.05, 4.69) is 33.9 Å². The zero-order chi connectivity index (χ0) is 16.7. The van der Waals surface area contributed by atoms with Crippen LogP contribution in [0.4, 0.5) is 0 Å². The van der Waals surface area contributed by atoms with Gasteiger partial charge in [-0.15, -0.1) is 11.3 Å². The Balaban J connectivity index is 1.42. The van der Waals surface area contributed by atoms with Crippen LogP contribution in [0.1, 0.15) is 22.6 Å². The highest BCUT2D eigenvalue weighted by Gasteiger charge is 2.45. The fourth-order valence-corrected chi connectivity index (χ4v) is 7.52. The van der Waals surface area contributed by atoms with Crippen LogP contribution in [0.5, 0.6) is 0 Å². The molecular formula is C17H27N3O2S2. The van der Waals surface area contributed by atoms with Crippen LogP contribution >= 0.6 is 11.3 Å². The molecule has 4 rings (SSSR count). The first-order chi connectivity index (χ1) is 11.5. The normalized spacial score (nSPS) is 31.5. The quantitative estimate of drug-likeness (QED) is 0.799. The second kappa shape index (κ2) is 6.68. The molecule has 0 aliphatic carbocycles. The van der Waals surface area contributed by atoms with Gasteiger partial charge in [-0.05, 0) is 45.1 Å². The topological polar surface area (TPSA) is 43.9 Å². The van der Waals surface area contributed by atoms with Crippen molar-refractivity contribution in [3.63, 3.8) is 0 Å².